The highest BCUT2D eigenvalue weighted by Gasteiger charge is 2.23. The van der Waals surface area contributed by atoms with E-state index in [1.807, 2.05) is 24.3 Å². The fourth-order valence-electron chi connectivity index (χ4n) is 2.74. The van der Waals surface area contributed by atoms with Crippen LogP contribution in [-0.4, -0.2) is 45.9 Å². The van der Waals surface area contributed by atoms with Crippen molar-refractivity contribution in [2.24, 2.45) is 0 Å². The van der Waals surface area contributed by atoms with E-state index in [9.17, 15) is 5.11 Å². The number of hydrogen-bond donors (Lipinski definition) is 1. The van der Waals surface area contributed by atoms with Gasteiger partial charge in [0.2, 0.25) is 11.7 Å². The van der Waals surface area contributed by atoms with Crippen molar-refractivity contribution in [3.05, 3.63) is 35.2 Å². The topological polar surface area (TPSA) is 62.4 Å². The van der Waals surface area contributed by atoms with Crippen molar-refractivity contribution < 1.29 is 9.63 Å². The Morgan fingerprint density at radius 2 is 2.33 bits per heavy atom. The molecule has 0 saturated carbocycles. The van der Waals surface area contributed by atoms with Crippen LogP contribution in [0.2, 0.25) is 5.02 Å². The number of hydrogen-bond acceptors (Lipinski definition) is 5. The van der Waals surface area contributed by atoms with E-state index in [0.717, 1.165) is 31.5 Å². The standard InChI is InChI=1S/C15H18ClN3O2/c16-12-4-1-3-11(9-12)15-17-14(21-18-15)6-8-19-7-2-5-13(19)10-20/h1,3-4,9,13,20H,2,5-8,10H2/t13-/m0/s1. The first kappa shape index (κ1) is 14.5. The van der Waals surface area contributed by atoms with E-state index in [1.165, 1.54) is 0 Å². The largest absolute Gasteiger partial charge is 0.395 e. The van der Waals surface area contributed by atoms with Gasteiger partial charge in [0, 0.05) is 29.6 Å². The van der Waals surface area contributed by atoms with Crippen LogP contribution in [0.5, 0.6) is 0 Å². The van der Waals surface area contributed by atoms with E-state index in [0.29, 0.717) is 23.2 Å². The van der Waals surface area contributed by atoms with Crippen LogP contribution in [0.15, 0.2) is 28.8 Å². The molecule has 2 heterocycles. The summed E-state index contributed by atoms with van der Waals surface area (Å²) in [7, 11) is 0. The Bertz CT molecular complexity index is 602. The fourth-order valence-corrected chi connectivity index (χ4v) is 2.93. The third kappa shape index (κ3) is 3.43. The van der Waals surface area contributed by atoms with Gasteiger partial charge in [-0.25, -0.2) is 0 Å². The molecule has 1 fully saturated rings. The highest BCUT2D eigenvalue weighted by Crippen LogP contribution is 2.21. The van der Waals surface area contributed by atoms with Crippen molar-refractivity contribution in [3.8, 4) is 11.4 Å². The zero-order valence-electron chi connectivity index (χ0n) is 11.7. The number of likely N-dealkylation sites (tertiary alicyclic amines) is 1. The van der Waals surface area contributed by atoms with Gasteiger partial charge in [0.25, 0.3) is 0 Å². The molecule has 0 amide bonds. The number of halogens is 1. The third-order valence-corrected chi connectivity index (χ3v) is 4.11. The van der Waals surface area contributed by atoms with Gasteiger partial charge in [0.05, 0.1) is 6.61 Å². The summed E-state index contributed by atoms with van der Waals surface area (Å²) in [6, 6.07) is 7.68. The van der Waals surface area contributed by atoms with Gasteiger partial charge >= 0.3 is 0 Å². The summed E-state index contributed by atoms with van der Waals surface area (Å²) in [5, 5.41) is 14.0. The van der Waals surface area contributed by atoms with Crippen LogP contribution in [0.3, 0.4) is 0 Å². The maximum atomic E-state index is 9.31. The SMILES string of the molecule is OC[C@@H]1CCCN1CCc1nc(-c2cccc(Cl)c2)no1. The molecule has 1 aromatic heterocycles. The van der Waals surface area contributed by atoms with Gasteiger partial charge < -0.3 is 9.63 Å². The molecule has 0 spiro atoms. The first-order valence-corrected chi connectivity index (χ1v) is 7.57. The predicted molar refractivity (Wildman–Crippen MR) is 80.1 cm³/mol. The van der Waals surface area contributed by atoms with E-state index in [1.54, 1.807) is 0 Å². The minimum absolute atomic E-state index is 0.220. The molecule has 1 aromatic carbocycles. The van der Waals surface area contributed by atoms with Crippen molar-refractivity contribution in [2.45, 2.75) is 25.3 Å². The summed E-state index contributed by atoms with van der Waals surface area (Å²) in [5.74, 6) is 1.18. The lowest BCUT2D eigenvalue weighted by Gasteiger charge is -2.21. The molecule has 2 aromatic rings. The molecule has 0 aliphatic carbocycles. The summed E-state index contributed by atoms with van der Waals surface area (Å²) in [4.78, 5) is 6.69. The lowest BCUT2D eigenvalue weighted by molar-refractivity contribution is 0.157. The zero-order valence-corrected chi connectivity index (χ0v) is 12.5. The summed E-state index contributed by atoms with van der Waals surface area (Å²) in [6.45, 7) is 2.08. The average Bonchev–Trinajstić information content (AvgIpc) is 3.14. The average molecular weight is 308 g/mol. The monoisotopic (exact) mass is 307 g/mol. The minimum Gasteiger partial charge on any atom is -0.395 e. The van der Waals surface area contributed by atoms with E-state index >= 15 is 0 Å². The minimum atomic E-state index is 0.220. The van der Waals surface area contributed by atoms with Crippen molar-refractivity contribution in [2.75, 3.05) is 19.7 Å². The van der Waals surface area contributed by atoms with Gasteiger partial charge in [0.15, 0.2) is 0 Å². The van der Waals surface area contributed by atoms with Gasteiger partial charge in [-0.3, -0.25) is 4.90 Å². The van der Waals surface area contributed by atoms with Crippen LogP contribution in [0.1, 0.15) is 18.7 Å². The summed E-state index contributed by atoms with van der Waals surface area (Å²) in [5.41, 5.74) is 0.854. The van der Waals surface area contributed by atoms with E-state index in [4.69, 9.17) is 16.1 Å². The van der Waals surface area contributed by atoms with Crippen LogP contribution in [-0.2, 0) is 6.42 Å². The van der Waals surface area contributed by atoms with E-state index in [2.05, 4.69) is 15.0 Å². The van der Waals surface area contributed by atoms with Gasteiger partial charge in [0.1, 0.15) is 0 Å². The molecule has 1 aliphatic rings. The quantitative estimate of drug-likeness (QED) is 0.919. The molecule has 0 unspecified atom stereocenters. The summed E-state index contributed by atoms with van der Waals surface area (Å²) in [6.07, 6.45) is 2.90. The van der Waals surface area contributed by atoms with Crippen LogP contribution >= 0.6 is 11.6 Å². The lowest BCUT2D eigenvalue weighted by atomic mass is 10.2. The number of benzene rings is 1. The Kier molecular flexibility index (Phi) is 4.53. The molecular formula is C15H18ClN3O2. The molecular weight excluding hydrogens is 290 g/mol. The van der Waals surface area contributed by atoms with Crippen molar-refractivity contribution in [1.29, 1.82) is 0 Å². The molecule has 112 valence electrons. The van der Waals surface area contributed by atoms with E-state index in [-0.39, 0.29) is 12.6 Å². The maximum absolute atomic E-state index is 9.31. The number of rotatable bonds is 5. The molecule has 3 rings (SSSR count). The smallest absolute Gasteiger partial charge is 0.228 e. The predicted octanol–water partition coefficient (Wildman–Crippen LogP) is 2.39. The highest BCUT2D eigenvalue weighted by atomic mass is 35.5. The molecule has 1 saturated heterocycles. The fraction of sp³-hybridized carbons (Fsp3) is 0.467. The second kappa shape index (κ2) is 6.56. The second-order valence-corrected chi connectivity index (χ2v) is 5.72. The number of aliphatic hydroxyl groups excluding tert-OH is 1. The van der Waals surface area contributed by atoms with Gasteiger partial charge in [-0.1, -0.05) is 28.9 Å². The summed E-state index contributed by atoms with van der Waals surface area (Å²) < 4.78 is 5.29. The Labute approximate surface area is 128 Å². The third-order valence-electron chi connectivity index (χ3n) is 3.87. The van der Waals surface area contributed by atoms with Crippen LogP contribution < -0.4 is 0 Å². The summed E-state index contributed by atoms with van der Waals surface area (Å²) >= 11 is 5.96. The Balaban J connectivity index is 1.63. The van der Waals surface area contributed by atoms with E-state index < -0.39 is 0 Å². The number of aromatic nitrogens is 2. The van der Waals surface area contributed by atoms with Crippen molar-refractivity contribution in [3.63, 3.8) is 0 Å². The molecule has 0 bridgehead atoms. The normalized spacial score (nSPS) is 19.2. The van der Waals surface area contributed by atoms with Crippen LogP contribution in [0.25, 0.3) is 11.4 Å². The number of nitrogens with zero attached hydrogens (tertiary/aromatic N) is 3. The number of aliphatic hydroxyl groups is 1. The molecule has 21 heavy (non-hydrogen) atoms. The molecule has 1 aliphatic heterocycles. The highest BCUT2D eigenvalue weighted by molar-refractivity contribution is 6.30. The Hall–Kier alpha value is -1.43. The first-order chi connectivity index (χ1) is 10.3. The van der Waals surface area contributed by atoms with Crippen LogP contribution in [0.4, 0.5) is 0 Å². The van der Waals surface area contributed by atoms with Gasteiger partial charge in [-0.2, -0.15) is 4.98 Å². The van der Waals surface area contributed by atoms with Crippen LogP contribution in [0, 0.1) is 0 Å². The van der Waals surface area contributed by atoms with Gasteiger partial charge in [-0.15, -0.1) is 0 Å². The lowest BCUT2D eigenvalue weighted by Crippen LogP contribution is -2.33. The van der Waals surface area contributed by atoms with Crippen molar-refractivity contribution >= 4 is 11.6 Å². The molecule has 0 radical (unpaired) electrons. The molecule has 1 atom stereocenters. The van der Waals surface area contributed by atoms with Gasteiger partial charge in [-0.05, 0) is 31.5 Å². The molecule has 6 heteroatoms. The molecule has 5 nitrogen and oxygen atoms in total. The zero-order chi connectivity index (χ0) is 14.7. The second-order valence-electron chi connectivity index (χ2n) is 5.29. The Morgan fingerprint density at radius 3 is 3.14 bits per heavy atom. The van der Waals surface area contributed by atoms with Crippen molar-refractivity contribution in [1.82, 2.24) is 15.0 Å². The molecule has 1 N–H and O–H groups in total. The first-order valence-electron chi connectivity index (χ1n) is 7.19. The maximum Gasteiger partial charge on any atom is 0.228 e. The Morgan fingerprint density at radius 1 is 1.43 bits per heavy atom.